The third-order valence-corrected chi connectivity index (χ3v) is 6.56. The van der Waals surface area contributed by atoms with Crippen LogP contribution in [0.1, 0.15) is 50.5 Å². The van der Waals surface area contributed by atoms with Gasteiger partial charge in [-0.1, -0.05) is 25.0 Å². The molecule has 1 spiro atoms. The first kappa shape index (κ1) is 18.1. The standard InChI is InChI=1S/C21H28N2O4/c1-26-17-7-5-16(6-8-17)21(10-2-3-11-21)18(24)23-13-4-9-20(12-14-23)15-22-19(25)27-20/h5-8H,2-4,9-15H2,1H3,(H,22,25)/t20-/m1/s1. The summed E-state index contributed by atoms with van der Waals surface area (Å²) >= 11 is 0. The Bertz CT molecular complexity index is 711. The first-order valence-electron chi connectivity index (χ1n) is 9.98. The average molecular weight is 372 g/mol. The van der Waals surface area contributed by atoms with Crippen LogP contribution in [0.25, 0.3) is 0 Å². The van der Waals surface area contributed by atoms with Gasteiger partial charge in [0.05, 0.1) is 19.1 Å². The third-order valence-electron chi connectivity index (χ3n) is 6.56. The molecule has 146 valence electrons. The van der Waals surface area contributed by atoms with E-state index >= 15 is 0 Å². The van der Waals surface area contributed by atoms with Crippen molar-refractivity contribution in [2.24, 2.45) is 0 Å². The highest BCUT2D eigenvalue weighted by Gasteiger charge is 2.47. The molecule has 6 nitrogen and oxygen atoms in total. The molecule has 0 bridgehead atoms. The second kappa shape index (κ2) is 7.06. The quantitative estimate of drug-likeness (QED) is 0.886. The second-order valence-corrected chi connectivity index (χ2v) is 8.09. The third kappa shape index (κ3) is 3.26. The summed E-state index contributed by atoms with van der Waals surface area (Å²) in [5.74, 6) is 1.05. The zero-order valence-electron chi connectivity index (χ0n) is 16.0. The zero-order chi connectivity index (χ0) is 18.9. The maximum absolute atomic E-state index is 13.7. The lowest BCUT2D eigenvalue weighted by atomic mass is 9.77. The Labute approximate surface area is 160 Å². The molecule has 2 amide bonds. The predicted octanol–water partition coefficient (Wildman–Crippen LogP) is 3.00. The molecule has 0 unspecified atom stereocenters. The predicted molar refractivity (Wildman–Crippen MR) is 101 cm³/mol. The van der Waals surface area contributed by atoms with Crippen LogP contribution in [0.3, 0.4) is 0 Å². The van der Waals surface area contributed by atoms with Crippen molar-refractivity contribution in [3.63, 3.8) is 0 Å². The van der Waals surface area contributed by atoms with Gasteiger partial charge in [-0.15, -0.1) is 0 Å². The van der Waals surface area contributed by atoms with Crippen LogP contribution in [0.15, 0.2) is 24.3 Å². The summed E-state index contributed by atoms with van der Waals surface area (Å²) in [6.07, 6.45) is 6.00. The SMILES string of the molecule is COc1ccc(C2(C(=O)N3CCC[C@@]4(CC3)CNC(=O)O4)CCCC2)cc1. The minimum absolute atomic E-state index is 0.236. The number of carbonyl (C=O) groups is 2. The zero-order valence-corrected chi connectivity index (χ0v) is 16.0. The van der Waals surface area contributed by atoms with E-state index in [0.29, 0.717) is 19.5 Å². The van der Waals surface area contributed by atoms with Gasteiger partial charge in [0.25, 0.3) is 0 Å². The molecule has 2 saturated heterocycles. The maximum Gasteiger partial charge on any atom is 0.407 e. The van der Waals surface area contributed by atoms with Crippen molar-refractivity contribution in [1.29, 1.82) is 0 Å². The van der Waals surface area contributed by atoms with E-state index in [-0.39, 0.29) is 12.0 Å². The Morgan fingerprint density at radius 1 is 1.07 bits per heavy atom. The van der Waals surface area contributed by atoms with Gasteiger partial charge in [-0.25, -0.2) is 4.79 Å². The van der Waals surface area contributed by atoms with Gasteiger partial charge in [-0.3, -0.25) is 4.79 Å². The lowest BCUT2D eigenvalue weighted by molar-refractivity contribution is -0.137. The number of nitrogens with one attached hydrogen (secondary N) is 1. The summed E-state index contributed by atoms with van der Waals surface area (Å²) in [6, 6.07) is 7.99. The molecular formula is C21H28N2O4. The normalized spacial score (nSPS) is 27.1. The first-order chi connectivity index (χ1) is 13.1. The molecule has 0 aromatic heterocycles. The minimum Gasteiger partial charge on any atom is -0.497 e. The van der Waals surface area contributed by atoms with Crippen molar-refractivity contribution >= 4 is 12.0 Å². The summed E-state index contributed by atoms with van der Waals surface area (Å²) in [5.41, 5.74) is 0.238. The average Bonchev–Trinajstić information content (AvgIpc) is 3.27. The Morgan fingerprint density at radius 2 is 1.81 bits per heavy atom. The fraction of sp³-hybridized carbons (Fsp3) is 0.619. The Kier molecular flexibility index (Phi) is 4.74. The molecule has 2 aliphatic heterocycles. The number of amides is 2. The summed E-state index contributed by atoms with van der Waals surface area (Å²) < 4.78 is 10.8. The van der Waals surface area contributed by atoms with Gasteiger partial charge < -0.3 is 19.7 Å². The van der Waals surface area contributed by atoms with Gasteiger partial charge in [0, 0.05) is 19.5 Å². The molecule has 4 rings (SSSR count). The number of likely N-dealkylation sites (tertiary alicyclic amines) is 1. The molecule has 1 aliphatic carbocycles. The molecule has 1 aromatic carbocycles. The van der Waals surface area contributed by atoms with E-state index in [4.69, 9.17) is 9.47 Å². The molecule has 1 aromatic rings. The Hall–Kier alpha value is -2.24. The molecule has 1 atom stereocenters. The van der Waals surface area contributed by atoms with Crippen molar-refractivity contribution in [1.82, 2.24) is 10.2 Å². The van der Waals surface area contributed by atoms with Crippen molar-refractivity contribution < 1.29 is 19.1 Å². The van der Waals surface area contributed by atoms with Crippen molar-refractivity contribution in [2.75, 3.05) is 26.7 Å². The summed E-state index contributed by atoms with van der Waals surface area (Å²) in [6.45, 7) is 1.93. The lowest BCUT2D eigenvalue weighted by Crippen LogP contribution is -2.46. The summed E-state index contributed by atoms with van der Waals surface area (Å²) in [7, 11) is 1.66. The molecular weight excluding hydrogens is 344 g/mol. The van der Waals surface area contributed by atoms with Crippen molar-refractivity contribution in [3.8, 4) is 5.75 Å². The van der Waals surface area contributed by atoms with E-state index in [0.717, 1.165) is 56.4 Å². The topological polar surface area (TPSA) is 67.9 Å². The highest BCUT2D eigenvalue weighted by atomic mass is 16.6. The van der Waals surface area contributed by atoms with Gasteiger partial charge in [-0.2, -0.15) is 0 Å². The van der Waals surface area contributed by atoms with Crippen LogP contribution < -0.4 is 10.1 Å². The molecule has 6 heteroatoms. The number of benzene rings is 1. The second-order valence-electron chi connectivity index (χ2n) is 8.09. The lowest BCUT2D eigenvalue weighted by Gasteiger charge is -2.35. The molecule has 1 saturated carbocycles. The van der Waals surface area contributed by atoms with Gasteiger partial charge in [0.2, 0.25) is 5.91 Å². The van der Waals surface area contributed by atoms with Crippen LogP contribution in [0, 0.1) is 0 Å². The number of alkyl carbamates (subject to hydrolysis) is 1. The fourth-order valence-electron chi connectivity index (χ4n) is 4.97. The number of rotatable bonds is 3. The van der Waals surface area contributed by atoms with Gasteiger partial charge in [0.1, 0.15) is 11.4 Å². The largest absolute Gasteiger partial charge is 0.497 e. The van der Waals surface area contributed by atoms with Crippen LogP contribution in [-0.4, -0.2) is 49.2 Å². The minimum atomic E-state index is -0.435. The van der Waals surface area contributed by atoms with Gasteiger partial charge in [-0.05, 0) is 43.4 Å². The van der Waals surface area contributed by atoms with Crippen LogP contribution in [0.5, 0.6) is 5.75 Å². The Morgan fingerprint density at radius 3 is 2.44 bits per heavy atom. The van der Waals surface area contributed by atoms with E-state index in [1.165, 1.54) is 0 Å². The highest BCUT2D eigenvalue weighted by molar-refractivity contribution is 5.88. The van der Waals surface area contributed by atoms with E-state index in [1.54, 1.807) is 7.11 Å². The van der Waals surface area contributed by atoms with Crippen molar-refractivity contribution in [2.45, 2.75) is 56.0 Å². The number of ether oxygens (including phenoxy) is 2. The summed E-state index contributed by atoms with van der Waals surface area (Å²) in [4.78, 5) is 27.2. The highest BCUT2D eigenvalue weighted by Crippen LogP contribution is 2.44. The van der Waals surface area contributed by atoms with E-state index in [1.807, 2.05) is 29.2 Å². The molecule has 3 fully saturated rings. The molecule has 27 heavy (non-hydrogen) atoms. The summed E-state index contributed by atoms with van der Waals surface area (Å²) in [5, 5.41) is 2.77. The molecule has 1 N–H and O–H groups in total. The van der Waals surface area contributed by atoms with E-state index in [2.05, 4.69) is 5.32 Å². The number of hydrogen-bond acceptors (Lipinski definition) is 4. The molecule has 0 radical (unpaired) electrons. The maximum atomic E-state index is 13.7. The van der Waals surface area contributed by atoms with Crippen LogP contribution >= 0.6 is 0 Å². The van der Waals surface area contributed by atoms with E-state index < -0.39 is 11.0 Å². The van der Waals surface area contributed by atoms with E-state index in [9.17, 15) is 9.59 Å². The van der Waals surface area contributed by atoms with Crippen LogP contribution in [-0.2, 0) is 14.9 Å². The first-order valence-corrected chi connectivity index (χ1v) is 9.98. The fourth-order valence-corrected chi connectivity index (χ4v) is 4.97. The van der Waals surface area contributed by atoms with Crippen molar-refractivity contribution in [3.05, 3.63) is 29.8 Å². The number of hydrogen-bond donors (Lipinski definition) is 1. The van der Waals surface area contributed by atoms with Gasteiger partial charge in [0.15, 0.2) is 0 Å². The van der Waals surface area contributed by atoms with Crippen LogP contribution in [0.4, 0.5) is 4.79 Å². The smallest absolute Gasteiger partial charge is 0.407 e. The molecule has 2 heterocycles. The Balaban J connectivity index is 1.54. The number of methoxy groups -OCH3 is 1. The number of nitrogens with zero attached hydrogens (tertiary/aromatic N) is 1. The monoisotopic (exact) mass is 372 g/mol. The van der Waals surface area contributed by atoms with Gasteiger partial charge >= 0.3 is 6.09 Å². The van der Waals surface area contributed by atoms with Crippen LogP contribution in [0.2, 0.25) is 0 Å². The molecule has 3 aliphatic rings. The number of carbonyl (C=O) groups excluding carboxylic acids is 2.